The smallest absolute Gasteiger partial charge is 0.222 e. The van der Waals surface area contributed by atoms with Crippen LogP contribution >= 0.6 is 0 Å². The lowest BCUT2D eigenvalue weighted by atomic mass is 9.91. The highest BCUT2D eigenvalue weighted by molar-refractivity contribution is 5.76. The standard InChI is InChI=1S/C22H34FN3O2/c1-3-24-12-14-26(15-13-24)22(27)7-5-18-8-10-25(11-9-18)17-19-4-6-20(23)21(16-19)28-2/h4,6,16,18H,3,5,7-15,17H2,1-2H3. The molecule has 1 amide bonds. The van der Waals surface area contributed by atoms with E-state index in [1.54, 1.807) is 6.07 Å². The second-order valence-electron chi connectivity index (χ2n) is 8.04. The molecule has 5 nitrogen and oxygen atoms in total. The fourth-order valence-corrected chi connectivity index (χ4v) is 4.29. The lowest BCUT2D eigenvalue weighted by Gasteiger charge is -2.35. The molecular weight excluding hydrogens is 357 g/mol. The maximum absolute atomic E-state index is 13.5. The van der Waals surface area contributed by atoms with E-state index < -0.39 is 0 Å². The molecule has 0 atom stereocenters. The van der Waals surface area contributed by atoms with Gasteiger partial charge in [-0.05, 0) is 62.5 Å². The molecule has 0 spiro atoms. The van der Waals surface area contributed by atoms with Crippen molar-refractivity contribution in [2.75, 3.05) is 52.9 Å². The molecule has 0 saturated carbocycles. The van der Waals surface area contributed by atoms with Crippen LogP contribution in [-0.4, -0.2) is 73.5 Å². The van der Waals surface area contributed by atoms with Gasteiger partial charge in [0.2, 0.25) is 5.91 Å². The van der Waals surface area contributed by atoms with E-state index in [2.05, 4.69) is 16.7 Å². The van der Waals surface area contributed by atoms with Crippen molar-refractivity contribution in [3.05, 3.63) is 29.6 Å². The highest BCUT2D eigenvalue weighted by Gasteiger charge is 2.23. The predicted octanol–water partition coefficient (Wildman–Crippen LogP) is 2.99. The Morgan fingerprint density at radius 1 is 1.11 bits per heavy atom. The van der Waals surface area contributed by atoms with Crippen molar-refractivity contribution >= 4 is 5.91 Å². The lowest BCUT2D eigenvalue weighted by Crippen LogP contribution is -2.48. The van der Waals surface area contributed by atoms with Crippen molar-refractivity contribution in [2.45, 2.75) is 39.2 Å². The minimum atomic E-state index is -0.314. The summed E-state index contributed by atoms with van der Waals surface area (Å²) < 4.78 is 18.6. The van der Waals surface area contributed by atoms with Gasteiger partial charge in [0.15, 0.2) is 11.6 Å². The largest absolute Gasteiger partial charge is 0.494 e. The van der Waals surface area contributed by atoms with Gasteiger partial charge < -0.3 is 14.5 Å². The summed E-state index contributed by atoms with van der Waals surface area (Å²) in [5.41, 5.74) is 1.08. The topological polar surface area (TPSA) is 36.0 Å². The second kappa shape index (κ2) is 10.2. The van der Waals surface area contributed by atoms with Crippen LogP contribution < -0.4 is 4.74 Å². The fourth-order valence-electron chi connectivity index (χ4n) is 4.29. The summed E-state index contributed by atoms with van der Waals surface area (Å²) in [5.74, 6) is 0.966. The summed E-state index contributed by atoms with van der Waals surface area (Å²) in [7, 11) is 1.50. The van der Waals surface area contributed by atoms with E-state index in [9.17, 15) is 9.18 Å². The van der Waals surface area contributed by atoms with Crippen molar-refractivity contribution in [1.82, 2.24) is 14.7 Å². The van der Waals surface area contributed by atoms with E-state index in [1.807, 2.05) is 11.0 Å². The Bertz CT molecular complexity index is 639. The van der Waals surface area contributed by atoms with Crippen LogP contribution in [-0.2, 0) is 11.3 Å². The number of hydrogen-bond acceptors (Lipinski definition) is 4. The number of ether oxygens (including phenoxy) is 1. The first-order valence-corrected chi connectivity index (χ1v) is 10.6. The summed E-state index contributed by atoms with van der Waals surface area (Å²) in [6, 6.07) is 5.10. The van der Waals surface area contributed by atoms with Gasteiger partial charge in [-0.15, -0.1) is 0 Å². The summed E-state index contributed by atoms with van der Waals surface area (Å²) in [6.45, 7) is 9.93. The number of amides is 1. The molecule has 0 aliphatic carbocycles. The third kappa shape index (κ3) is 5.67. The maximum atomic E-state index is 13.5. The molecule has 0 N–H and O–H groups in total. The maximum Gasteiger partial charge on any atom is 0.222 e. The zero-order chi connectivity index (χ0) is 19.9. The Morgan fingerprint density at radius 2 is 1.82 bits per heavy atom. The van der Waals surface area contributed by atoms with Crippen LogP contribution in [0.1, 0.15) is 38.2 Å². The average molecular weight is 392 g/mol. The number of benzene rings is 1. The minimum Gasteiger partial charge on any atom is -0.494 e. The van der Waals surface area contributed by atoms with E-state index in [4.69, 9.17) is 4.74 Å². The summed E-state index contributed by atoms with van der Waals surface area (Å²) in [4.78, 5) is 19.3. The number of likely N-dealkylation sites (N-methyl/N-ethyl adjacent to an activating group) is 1. The highest BCUT2D eigenvalue weighted by Crippen LogP contribution is 2.25. The number of carbonyl (C=O) groups is 1. The van der Waals surface area contributed by atoms with E-state index in [0.717, 1.165) is 77.2 Å². The predicted molar refractivity (Wildman–Crippen MR) is 109 cm³/mol. The third-order valence-electron chi connectivity index (χ3n) is 6.27. The first kappa shape index (κ1) is 21.1. The quantitative estimate of drug-likeness (QED) is 0.716. The first-order chi connectivity index (χ1) is 13.6. The average Bonchev–Trinajstić information content (AvgIpc) is 2.74. The van der Waals surface area contributed by atoms with Gasteiger partial charge in [-0.1, -0.05) is 13.0 Å². The van der Waals surface area contributed by atoms with Crippen molar-refractivity contribution in [1.29, 1.82) is 0 Å². The number of halogens is 1. The van der Waals surface area contributed by atoms with Crippen molar-refractivity contribution < 1.29 is 13.9 Å². The normalized spacial score (nSPS) is 19.8. The lowest BCUT2D eigenvalue weighted by molar-refractivity contribution is -0.133. The Kier molecular flexibility index (Phi) is 7.68. The van der Waals surface area contributed by atoms with Crippen LogP contribution in [0.5, 0.6) is 5.75 Å². The van der Waals surface area contributed by atoms with Crippen LogP contribution in [0.15, 0.2) is 18.2 Å². The molecule has 2 fully saturated rings. The zero-order valence-corrected chi connectivity index (χ0v) is 17.3. The number of likely N-dealkylation sites (tertiary alicyclic amines) is 1. The molecule has 156 valence electrons. The van der Waals surface area contributed by atoms with Crippen LogP contribution in [0, 0.1) is 11.7 Å². The van der Waals surface area contributed by atoms with Gasteiger partial charge in [0.1, 0.15) is 0 Å². The van der Waals surface area contributed by atoms with E-state index in [1.165, 1.54) is 13.2 Å². The van der Waals surface area contributed by atoms with Crippen molar-refractivity contribution in [2.24, 2.45) is 5.92 Å². The van der Waals surface area contributed by atoms with Crippen molar-refractivity contribution in [3.63, 3.8) is 0 Å². The highest BCUT2D eigenvalue weighted by atomic mass is 19.1. The molecule has 0 aromatic heterocycles. The van der Waals surface area contributed by atoms with Gasteiger partial charge in [-0.2, -0.15) is 0 Å². The van der Waals surface area contributed by atoms with Gasteiger partial charge in [0.25, 0.3) is 0 Å². The van der Waals surface area contributed by atoms with Gasteiger partial charge in [-0.25, -0.2) is 4.39 Å². The molecule has 2 aliphatic rings. The van der Waals surface area contributed by atoms with Crippen molar-refractivity contribution in [3.8, 4) is 5.75 Å². The number of rotatable bonds is 7. The molecule has 2 saturated heterocycles. The second-order valence-corrected chi connectivity index (χ2v) is 8.04. The SMILES string of the molecule is CCN1CCN(C(=O)CCC2CCN(Cc3ccc(F)c(OC)c3)CC2)CC1. The molecule has 2 heterocycles. The Balaban J connectivity index is 1.37. The van der Waals surface area contributed by atoms with Gasteiger partial charge in [0.05, 0.1) is 7.11 Å². The Morgan fingerprint density at radius 3 is 2.46 bits per heavy atom. The fraction of sp³-hybridized carbons (Fsp3) is 0.682. The van der Waals surface area contributed by atoms with Gasteiger partial charge in [0, 0.05) is 39.1 Å². The minimum absolute atomic E-state index is 0.311. The molecule has 0 unspecified atom stereocenters. The van der Waals surface area contributed by atoms with Gasteiger partial charge in [-0.3, -0.25) is 9.69 Å². The molecule has 1 aromatic rings. The van der Waals surface area contributed by atoms with Gasteiger partial charge >= 0.3 is 0 Å². The van der Waals surface area contributed by atoms with Crippen LogP contribution in [0.3, 0.4) is 0 Å². The molecule has 0 bridgehead atoms. The molecular formula is C22H34FN3O2. The molecule has 0 radical (unpaired) electrons. The van der Waals surface area contributed by atoms with Crippen LogP contribution in [0.25, 0.3) is 0 Å². The first-order valence-electron chi connectivity index (χ1n) is 10.6. The molecule has 28 heavy (non-hydrogen) atoms. The summed E-state index contributed by atoms with van der Waals surface area (Å²) in [6.07, 6.45) is 3.96. The molecule has 2 aliphatic heterocycles. The Hall–Kier alpha value is -1.66. The monoisotopic (exact) mass is 391 g/mol. The number of methoxy groups -OCH3 is 1. The molecule has 3 rings (SSSR count). The van der Waals surface area contributed by atoms with Crippen LogP contribution in [0.2, 0.25) is 0 Å². The van der Waals surface area contributed by atoms with E-state index in [0.29, 0.717) is 24.0 Å². The van der Waals surface area contributed by atoms with Crippen LogP contribution in [0.4, 0.5) is 4.39 Å². The number of piperidine rings is 1. The third-order valence-corrected chi connectivity index (χ3v) is 6.27. The van der Waals surface area contributed by atoms with E-state index in [-0.39, 0.29) is 5.82 Å². The summed E-state index contributed by atoms with van der Waals surface area (Å²) in [5, 5.41) is 0. The Labute approximate surface area is 168 Å². The number of piperazine rings is 1. The molecule has 1 aromatic carbocycles. The van der Waals surface area contributed by atoms with E-state index >= 15 is 0 Å². The molecule has 6 heteroatoms. The number of carbonyl (C=O) groups excluding carboxylic acids is 1. The number of hydrogen-bond donors (Lipinski definition) is 0. The number of nitrogens with zero attached hydrogens (tertiary/aromatic N) is 3. The zero-order valence-electron chi connectivity index (χ0n) is 17.3. The summed E-state index contributed by atoms with van der Waals surface area (Å²) >= 11 is 0.